The first-order valence-electron chi connectivity index (χ1n) is 6.16. The Morgan fingerprint density at radius 1 is 1.47 bits per heavy atom. The number of carbonyl (C=O) groups is 1. The largest absolute Gasteiger partial charge is 0.359 e. The van der Waals surface area contributed by atoms with Gasteiger partial charge in [-0.05, 0) is 30.9 Å². The van der Waals surface area contributed by atoms with Crippen LogP contribution in [0.25, 0.3) is 0 Å². The van der Waals surface area contributed by atoms with E-state index < -0.39 is 0 Å². The molecule has 0 radical (unpaired) electrons. The molecule has 4 nitrogen and oxygen atoms in total. The minimum Gasteiger partial charge on any atom is -0.359 e. The van der Waals surface area contributed by atoms with Crippen LogP contribution >= 0.6 is 0 Å². The van der Waals surface area contributed by atoms with Crippen LogP contribution < -0.4 is 10.2 Å². The van der Waals surface area contributed by atoms with Crippen LogP contribution in [0.4, 0.5) is 5.82 Å². The van der Waals surface area contributed by atoms with Gasteiger partial charge in [-0.2, -0.15) is 0 Å². The topological polar surface area (TPSA) is 45.2 Å². The summed E-state index contributed by atoms with van der Waals surface area (Å²) in [6.07, 6.45) is 4.63. The fraction of sp³-hybridized carbons (Fsp3) is 0.538. The molecule has 1 saturated heterocycles. The molecule has 0 aromatic carbocycles. The summed E-state index contributed by atoms with van der Waals surface area (Å²) in [5.74, 6) is 1.72. The first-order chi connectivity index (χ1) is 8.29. The first-order valence-corrected chi connectivity index (χ1v) is 6.16. The second-order valence-corrected chi connectivity index (χ2v) is 4.50. The SMILES string of the molecule is CNC(=O)CC1CCN(c2ccccn2)CC1. The number of nitrogens with one attached hydrogen (secondary N) is 1. The summed E-state index contributed by atoms with van der Waals surface area (Å²) in [5.41, 5.74) is 0. The molecular weight excluding hydrogens is 214 g/mol. The molecule has 1 aliphatic rings. The number of aromatic nitrogens is 1. The van der Waals surface area contributed by atoms with Crippen molar-refractivity contribution in [1.29, 1.82) is 0 Å². The van der Waals surface area contributed by atoms with Gasteiger partial charge in [0.15, 0.2) is 0 Å². The van der Waals surface area contributed by atoms with Crippen molar-refractivity contribution in [3.63, 3.8) is 0 Å². The first kappa shape index (κ1) is 11.9. The third-order valence-corrected chi connectivity index (χ3v) is 3.34. The standard InChI is InChI=1S/C13H19N3O/c1-14-13(17)10-11-5-8-16(9-6-11)12-4-2-3-7-15-12/h2-4,7,11H,5-6,8-10H2,1H3,(H,14,17). The zero-order valence-electron chi connectivity index (χ0n) is 10.2. The Morgan fingerprint density at radius 3 is 2.82 bits per heavy atom. The molecule has 0 spiro atoms. The Labute approximate surface area is 102 Å². The molecule has 2 heterocycles. The highest BCUT2D eigenvalue weighted by molar-refractivity contribution is 5.75. The number of piperidine rings is 1. The Bertz CT molecular complexity index is 358. The van der Waals surface area contributed by atoms with Gasteiger partial charge in [-0.25, -0.2) is 4.98 Å². The van der Waals surface area contributed by atoms with Crippen molar-refractivity contribution < 1.29 is 4.79 Å². The highest BCUT2D eigenvalue weighted by Crippen LogP contribution is 2.23. The number of nitrogens with zero attached hydrogens (tertiary/aromatic N) is 2. The van der Waals surface area contributed by atoms with E-state index in [1.807, 2.05) is 24.4 Å². The second-order valence-electron chi connectivity index (χ2n) is 4.50. The lowest BCUT2D eigenvalue weighted by Crippen LogP contribution is -2.35. The van der Waals surface area contributed by atoms with Crippen molar-refractivity contribution in [3.8, 4) is 0 Å². The monoisotopic (exact) mass is 233 g/mol. The molecule has 4 heteroatoms. The molecule has 0 unspecified atom stereocenters. The summed E-state index contributed by atoms with van der Waals surface area (Å²) < 4.78 is 0. The lowest BCUT2D eigenvalue weighted by atomic mass is 9.93. The normalized spacial score (nSPS) is 16.9. The quantitative estimate of drug-likeness (QED) is 0.859. The number of pyridine rings is 1. The minimum absolute atomic E-state index is 0.154. The van der Waals surface area contributed by atoms with Crippen LogP contribution in [0.15, 0.2) is 24.4 Å². The summed E-state index contributed by atoms with van der Waals surface area (Å²) in [6, 6.07) is 5.99. The summed E-state index contributed by atoms with van der Waals surface area (Å²) in [7, 11) is 1.70. The van der Waals surface area contributed by atoms with E-state index in [-0.39, 0.29) is 5.91 Å². The maximum Gasteiger partial charge on any atom is 0.220 e. The van der Waals surface area contributed by atoms with Crippen molar-refractivity contribution >= 4 is 11.7 Å². The van der Waals surface area contributed by atoms with Gasteiger partial charge in [0.25, 0.3) is 0 Å². The van der Waals surface area contributed by atoms with Gasteiger partial charge in [0, 0.05) is 32.8 Å². The molecule has 1 aromatic rings. The van der Waals surface area contributed by atoms with E-state index in [1.54, 1.807) is 7.05 Å². The van der Waals surface area contributed by atoms with E-state index in [1.165, 1.54) is 0 Å². The van der Waals surface area contributed by atoms with Gasteiger partial charge in [-0.1, -0.05) is 6.07 Å². The molecule has 1 aromatic heterocycles. The van der Waals surface area contributed by atoms with E-state index in [4.69, 9.17) is 0 Å². The molecule has 92 valence electrons. The van der Waals surface area contributed by atoms with Gasteiger partial charge >= 0.3 is 0 Å². The number of anilines is 1. The number of hydrogen-bond donors (Lipinski definition) is 1. The lowest BCUT2D eigenvalue weighted by molar-refractivity contribution is -0.121. The highest BCUT2D eigenvalue weighted by Gasteiger charge is 2.21. The number of rotatable bonds is 3. The van der Waals surface area contributed by atoms with Crippen LogP contribution in [-0.4, -0.2) is 31.0 Å². The van der Waals surface area contributed by atoms with Crippen LogP contribution in [0, 0.1) is 5.92 Å². The molecule has 1 N–H and O–H groups in total. The third-order valence-electron chi connectivity index (χ3n) is 3.34. The third kappa shape index (κ3) is 3.19. The molecule has 2 rings (SSSR count). The van der Waals surface area contributed by atoms with E-state index in [2.05, 4.69) is 15.2 Å². The van der Waals surface area contributed by atoms with Gasteiger partial charge in [-0.15, -0.1) is 0 Å². The van der Waals surface area contributed by atoms with Crippen LogP contribution in [0.5, 0.6) is 0 Å². The van der Waals surface area contributed by atoms with E-state index >= 15 is 0 Å². The molecule has 1 amide bonds. The van der Waals surface area contributed by atoms with Gasteiger partial charge < -0.3 is 10.2 Å². The Hall–Kier alpha value is -1.58. The Kier molecular flexibility index (Phi) is 3.96. The number of hydrogen-bond acceptors (Lipinski definition) is 3. The zero-order valence-corrected chi connectivity index (χ0v) is 10.2. The molecule has 0 aliphatic carbocycles. The summed E-state index contributed by atoms with van der Waals surface area (Å²) in [6.45, 7) is 2.00. The van der Waals surface area contributed by atoms with E-state index in [9.17, 15) is 4.79 Å². The van der Waals surface area contributed by atoms with Gasteiger partial charge in [0.1, 0.15) is 5.82 Å². The average molecular weight is 233 g/mol. The smallest absolute Gasteiger partial charge is 0.220 e. The van der Waals surface area contributed by atoms with E-state index in [0.717, 1.165) is 31.7 Å². The summed E-state index contributed by atoms with van der Waals surface area (Å²) >= 11 is 0. The highest BCUT2D eigenvalue weighted by atomic mass is 16.1. The molecule has 0 saturated carbocycles. The Balaban J connectivity index is 1.84. The van der Waals surface area contributed by atoms with Crippen LogP contribution in [-0.2, 0) is 4.79 Å². The second kappa shape index (κ2) is 5.66. The minimum atomic E-state index is 0.154. The predicted molar refractivity (Wildman–Crippen MR) is 67.9 cm³/mol. The molecular formula is C13H19N3O. The zero-order chi connectivity index (χ0) is 12.1. The van der Waals surface area contributed by atoms with Crippen molar-refractivity contribution in [3.05, 3.63) is 24.4 Å². The van der Waals surface area contributed by atoms with Crippen molar-refractivity contribution in [2.75, 3.05) is 25.0 Å². The maximum atomic E-state index is 11.3. The molecule has 17 heavy (non-hydrogen) atoms. The van der Waals surface area contributed by atoms with Crippen LogP contribution in [0.2, 0.25) is 0 Å². The molecule has 0 atom stereocenters. The van der Waals surface area contributed by atoms with Crippen molar-refractivity contribution in [1.82, 2.24) is 10.3 Å². The van der Waals surface area contributed by atoms with Gasteiger partial charge in [0.2, 0.25) is 5.91 Å². The summed E-state index contributed by atoms with van der Waals surface area (Å²) in [4.78, 5) is 17.9. The Morgan fingerprint density at radius 2 is 2.24 bits per heavy atom. The molecule has 1 fully saturated rings. The fourth-order valence-electron chi connectivity index (χ4n) is 2.27. The molecule has 0 bridgehead atoms. The number of carbonyl (C=O) groups excluding carboxylic acids is 1. The molecule has 1 aliphatic heterocycles. The van der Waals surface area contributed by atoms with Gasteiger partial charge in [0.05, 0.1) is 0 Å². The summed E-state index contributed by atoms with van der Waals surface area (Å²) in [5, 5.41) is 2.69. The van der Waals surface area contributed by atoms with Gasteiger partial charge in [-0.3, -0.25) is 4.79 Å². The van der Waals surface area contributed by atoms with Crippen molar-refractivity contribution in [2.45, 2.75) is 19.3 Å². The van der Waals surface area contributed by atoms with E-state index in [0.29, 0.717) is 12.3 Å². The fourth-order valence-corrected chi connectivity index (χ4v) is 2.27. The number of amides is 1. The average Bonchev–Trinajstić information content (AvgIpc) is 2.40. The maximum absolute atomic E-state index is 11.3. The lowest BCUT2D eigenvalue weighted by Gasteiger charge is -2.32. The van der Waals surface area contributed by atoms with Crippen molar-refractivity contribution in [2.24, 2.45) is 5.92 Å². The van der Waals surface area contributed by atoms with Crippen LogP contribution in [0.3, 0.4) is 0 Å². The predicted octanol–water partition coefficient (Wildman–Crippen LogP) is 1.43. The van der Waals surface area contributed by atoms with Crippen LogP contribution in [0.1, 0.15) is 19.3 Å².